The number of carbonyl (C=O) groups excluding carboxylic acids is 2. The maximum Gasteiger partial charge on any atom is 0.323 e. The first-order valence-corrected chi connectivity index (χ1v) is 8.48. The Bertz CT molecular complexity index is 374. The summed E-state index contributed by atoms with van der Waals surface area (Å²) >= 11 is 0. The summed E-state index contributed by atoms with van der Waals surface area (Å²) in [5, 5.41) is 0. The predicted octanol–water partition coefficient (Wildman–Crippen LogP) is 1.04. The van der Waals surface area contributed by atoms with Crippen LogP contribution in [-0.4, -0.2) is 73.2 Å². The zero-order chi connectivity index (χ0) is 15.9. The molecular weight excluding hydrogens is 284 g/mol. The van der Waals surface area contributed by atoms with Crippen molar-refractivity contribution in [3.63, 3.8) is 0 Å². The zero-order valence-corrected chi connectivity index (χ0v) is 13.8. The number of nitrogens with zero attached hydrogens (tertiary/aromatic N) is 2. The standard InChI is InChI=1S/C16H28N2O4/c1-3-6-13(16(20)21-4-2)17-8-10-18(11-9-17)15(19)14-7-5-12-22-14/h13-14H,3-12H2,1-2H3/t13-,14+/m0/s1. The van der Waals surface area contributed by atoms with Gasteiger partial charge >= 0.3 is 5.97 Å². The first kappa shape index (κ1) is 17.2. The van der Waals surface area contributed by atoms with Gasteiger partial charge in [-0.15, -0.1) is 0 Å². The number of hydrogen-bond donors (Lipinski definition) is 0. The lowest BCUT2D eigenvalue weighted by Crippen LogP contribution is -2.55. The fourth-order valence-electron chi connectivity index (χ4n) is 3.19. The number of hydrogen-bond acceptors (Lipinski definition) is 5. The Labute approximate surface area is 132 Å². The van der Waals surface area contributed by atoms with Crippen molar-refractivity contribution in [2.45, 2.75) is 51.7 Å². The van der Waals surface area contributed by atoms with Gasteiger partial charge in [-0.2, -0.15) is 0 Å². The van der Waals surface area contributed by atoms with Crippen LogP contribution in [0, 0.1) is 0 Å². The van der Waals surface area contributed by atoms with Crippen molar-refractivity contribution in [2.24, 2.45) is 0 Å². The van der Waals surface area contributed by atoms with Crippen LogP contribution in [0.4, 0.5) is 0 Å². The Morgan fingerprint density at radius 1 is 1.23 bits per heavy atom. The van der Waals surface area contributed by atoms with Gasteiger partial charge in [-0.3, -0.25) is 14.5 Å². The minimum absolute atomic E-state index is 0.111. The lowest BCUT2D eigenvalue weighted by atomic mass is 10.1. The van der Waals surface area contributed by atoms with Crippen molar-refractivity contribution in [2.75, 3.05) is 39.4 Å². The van der Waals surface area contributed by atoms with E-state index in [1.54, 1.807) is 0 Å². The van der Waals surface area contributed by atoms with Crippen molar-refractivity contribution in [3.05, 3.63) is 0 Å². The number of esters is 1. The molecular formula is C16H28N2O4. The van der Waals surface area contributed by atoms with Crippen LogP contribution in [0.1, 0.15) is 39.5 Å². The average Bonchev–Trinajstić information content (AvgIpc) is 3.07. The zero-order valence-electron chi connectivity index (χ0n) is 13.8. The van der Waals surface area contributed by atoms with E-state index in [4.69, 9.17) is 9.47 Å². The predicted molar refractivity (Wildman–Crippen MR) is 82.5 cm³/mol. The molecule has 0 aromatic heterocycles. The molecule has 2 atom stereocenters. The Morgan fingerprint density at radius 3 is 2.50 bits per heavy atom. The summed E-state index contributed by atoms with van der Waals surface area (Å²) in [6.45, 7) is 7.79. The van der Waals surface area contributed by atoms with Crippen LogP contribution < -0.4 is 0 Å². The summed E-state index contributed by atoms with van der Waals surface area (Å²) in [5.74, 6) is -0.0245. The molecule has 0 aromatic carbocycles. The van der Waals surface area contributed by atoms with Crippen molar-refractivity contribution < 1.29 is 19.1 Å². The summed E-state index contributed by atoms with van der Waals surface area (Å²) in [7, 11) is 0. The van der Waals surface area contributed by atoms with Gasteiger partial charge < -0.3 is 14.4 Å². The Hall–Kier alpha value is -1.14. The molecule has 0 saturated carbocycles. The van der Waals surface area contributed by atoms with Crippen molar-refractivity contribution in [1.82, 2.24) is 9.80 Å². The molecule has 2 saturated heterocycles. The van der Waals surface area contributed by atoms with Crippen LogP contribution in [-0.2, 0) is 19.1 Å². The van der Waals surface area contributed by atoms with Gasteiger partial charge in [-0.25, -0.2) is 0 Å². The molecule has 0 aliphatic carbocycles. The quantitative estimate of drug-likeness (QED) is 0.686. The maximum absolute atomic E-state index is 12.3. The third kappa shape index (κ3) is 4.20. The van der Waals surface area contributed by atoms with Crippen molar-refractivity contribution >= 4 is 11.9 Å². The maximum atomic E-state index is 12.3. The van der Waals surface area contributed by atoms with Crippen LogP contribution >= 0.6 is 0 Å². The SMILES string of the molecule is CCC[C@@H](C(=O)OCC)N1CCN(C(=O)[C@H]2CCCO2)CC1. The van der Waals surface area contributed by atoms with Gasteiger partial charge in [-0.1, -0.05) is 13.3 Å². The number of piperazine rings is 1. The third-order valence-corrected chi connectivity index (χ3v) is 4.39. The fraction of sp³-hybridized carbons (Fsp3) is 0.875. The number of amides is 1. The molecule has 0 aromatic rings. The van der Waals surface area contributed by atoms with E-state index in [0.717, 1.165) is 38.8 Å². The Morgan fingerprint density at radius 2 is 1.95 bits per heavy atom. The van der Waals surface area contributed by atoms with Gasteiger partial charge in [0.2, 0.25) is 0 Å². The second-order valence-electron chi connectivity index (χ2n) is 5.92. The number of ether oxygens (including phenoxy) is 2. The monoisotopic (exact) mass is 312 g/mol. The summed E-state index contributed by atoms with van der Waals surface area (Å²) in [4.78, 5) is 28.5. The van der Waals surface area contributed by atoms with E-state index in [9.17, 15) is 9.59 Å². The molecule has 126 valence electrons. The molecule has 2 rings (SSSR count). The molecule has 0 bridgehead atoms. The number of rotatable bonds is 6. The van der Waals surface area contributed by atoms with E-state index >= 15 is 0 Å². The molecule has 0 spiro atoms. The second kappa shape index (κ2) is 8.48. The lowest BCUT2D eigenvalue weighted by molar-refractivity contribution is -0.152. The van der Waals surface area contributed by atoms with Crippen LogP contribution in [0.3, 0.4) is 0 Å². The molecule has 22 heavy (non-hydrogen) atoms. The minimum atomic E-state index is -0.247. The first-order chi connectivity index (χ1) is 10.7. The van der Waals surface area contributed by atoms with E-state index < -0.39 is 0 Å². The normalized spacial score (nSPS) is 24.3. The smallest absolute Gasteiger partial charge is 0.323 e. The second-order valence-corrected chi connectivity index (χ2v) is 5.92. The van der Waals surface area contributed by atoms with Crippen LogP contribution in [0.25, 0.3) is 0 Å². The fourth-order valence-corrected chi connectivity index (χ4v) is 3.19. The van der Waals surface area contributed by atoms with Gasteiger partial charge in [0, 0.05) is 32.8 Å². The Balaban J connectivity index is 1.86. The molecule has 0 N–H and O–H groups in total. The first-order valence-electron chi connectivity index (χ1n) is 8.48. The van der Waals surface area contributed by atoms with E-state index in [1.165, 1.54) is 0 Å². The van der Waals surface area contributed by atoms with E-state index in [2.05, 4.69) is 11.8 Å². The van der Waals surface area contributed by atoms with Gasteiger partial charge in [-0.05, 0) is 26.2 Å². The molecule has 2 heterocycles. The summed E-state index contributed by atoms with van der Waals surface area (Å²) in [5.41, 5.74) is 0. The molecule has 2 aliphatic rings. The molecule has 0 radical (unpaired) electrons. The minimum Gasteiger partial charge on any atom is -0.465 e. The molecule has 0 unspecified atom stereocenters. The van der Waals surface area contributed by atoms with E-state index in [0.29, 0.717) is 26.3 Å². The summed E-state index contributed by atoms with van der Waals surface area (Å²) in [6.07, 6.45) is 3.30. The molecule has 1 amide bonds. The highest BCUT2D eigenvalue weighted by Crippen LogP contribution is 2.18. The van der Waals surface area contributed by atoms with Crippen molar-refractivity contribution in [1.29, 1.82) is 0 Å². The van der Waals surface area contributed by atoms with Crippen LogP contribution in [0.15, 0.2) is 0 Å². The molecule has 6 nitrogen and oxygen atoms in total. The van der Waals surface area contributed by atoms with Gasteiger partial charge in [0.05, 0.1) is 6.61 Å². The van der Waals surface area contributed by atoms with E-state index in [-0.39, 0.29) is 24.0 Å². The summed E-state index contributed by atoms with van der Waals surface area (Å²) < 4.78 is 10.7. The molecule has 2 aliphatic heterocycles. The average molecular weight is 312 g/mol. The highest BCUT2D eigenvalue weighted by Gasteiger charge is 2.33. The lowest BCUT2D eigenvalue weighted by Gasteiger charge is -2.38. The Kier molecular flexibility index (Phi) is 6.64. The van der Waals surface area contributed by atoms with E-state index in [1.807, 2.05) is 11.8 Å². The summed E-state index contributed by atoms with van der Waals surface area (Å²) in [6, 6.07) is -0.176. The molecule has 2 fully saturated rings. The molecule has 6 heteroatoms. The van der Waals surface area contributed by atoms with Crippen LogP contribution in [0.2, 0.25) is 0 Å². The third-order valence-electron chi connectivity index (χ3n) is 4.39. The van der Waals surface area contributed by atoms with Gasteiger partial charge in [0.1, 0.15) is 12.1 Å². The number of carbonyl (C=O) groups is 2. The van der Waals surface area contributed by atoms with Gasteiger partial charge in [0.15, 0.2) is 0 Å². The highest BCUT2D eigenvalue weighted by molar-refractivity contribution is 5.81. The van der Waals surface area contributed by atoms with Crippen molar-refractivity contribution in [3.8, 4) is 0 Å². The van der Waals surface area contributed by atoms with Gasteiger partial charge in [0.25, 0.3) is 5.91 Å². The van der Waals surface area contributed by atoms with Crippen LogP contribution in [0.5, 0.6) is 0 Å². The topological polar surface area (TPSA) is 59.1 Å². The largest absolute Gasteiger partial charge is 0.465 e. The highest BCUT2D eigenvalue weighted by atomic mass is 16.5.